The number of rotatable bonds is 3. The second-order valence-corrected chi connectivity index (χ2v) is 5.57. The molecule has 0 spiro atoms. The van der Waals surface area contributed by atoms with Gasteiger partial charge in [0, 0.05) is 6.42 Å². The van der Waals surface area contributed by atoms with E-state index in [-0.39, 0.29) is 16.7 Å². The SMILES string of the molecule is C[C@]1(O)CC[C@@H](O)C[C@@H]1CC[N+](C)(C)[O-]. The fourth-order valence-corrected chi connectivity index (χ4v) is 2.26. The van der Waals surface area contributed by atoms with Crippen molar-refractivity contribution >= 4 is 0 Å². The highest BCUT2D eigenvalue weighted by molar-refractivity contribution is 4.89. The van der Waals surface area contributed by atoms with Crippen molar-refractivity contribution in [1.29, 1.82) is 0 Å². The van der Waals surface area contributed by atoms with Crippen molar-refractivity contribution < 1.29 is 14.9 Å². The Bertz CT molecular complexity index is 210. The molecular weight excluding hydrogens is 194 g/mol. The van der Waals surface area contributed by atoms with Crippen LogP contribution in [0.3, 0.4) is 0 Å². The molecule has 15 heavy (non-hydrogen) atoms. The fraction of sp³-hybridized carbons (Fsp3) is 1.00. The van der Waals surface area contributed by atoms with E-state index in [1.54, 1.807) is 14.1 Å². The zero-order valence-electron chi connectivity index (χ0n) is 9.94. The lowest BCUT2D eigenvalue weighted by atomic mass is 9.74. The molecule has 0 aromatic heterocycles. The molecule has 0 bridgehead atoms. The summed E-state index contributed by atoms with van der Waals surface area (Å²) in [4.78, 5) is 0. The van der Waals surface area contributed by atoms with Crippen LogP contribution in [0.5, 0.6) is 0 Å². The van der Waals surface area contributed by atoms with Gasteiger partial charge in [-0.05, 0) is 32.1 Å². The molecule has 1 fully saturated rings. The molecular formula is C11H23NO3. The van der Waals surface area contributed by atoms with Gasteiger partial charge in [0.05, 0.1) is 32.3 Å². The number of hydrogen-bond donors (Lipinski definition) is 2. The lowest BCUT2D eigenvalue weighted by Gasteiger charge is -2.42. The van der Waals surface area contributed by atoms with Crippen molar-refractivity contribution in [2.24, 2.45) is 5.92 Å². The quantitative estimate of drug-likeness (QED) is 0.544. The first-order chi connectivity index (χ1) is 6.71. The molecule has 0 radical (unpaired) electrons. The summed E-state index contributed by atoms with van der Waals surface area (Å²) in [5, 5.41) is 31.1. The van der Waals surface area contributed by atoms with E-state index in [9.17, 15) is 15.4 Å². The van der Waals surface area contributed by atoms with Crippen molar-refractivity contribution in [2.45, 2.75) is 44.3 Å². The molecule has 0 aliphatic heterocycles. The predicted octanol–water partition coefficient (Wildman–Crippen LogP) is 0.863. The van der Waals surface area contributed by atoms with E-state index < -0.39 is 5.60 Å². The third kappa shape index (κ3) is 4.07. The standard InChI is InChI=1S/C11H23NO3/c1-11(14)6-4-10(13)8-9(11)5-7-12(2,3)15/h9-10,13-14H,4-8H2,1-3H3/t9-,10+,11-/m0/s1. The predicted molar refractivity (Wildman–Crippen MR) is 58.9 cm³/mol. The minimum Gasteiger partial charge on any atom is -0.633 e. The van der Waals surface area contributed by atoms with Crippen molar-refractivity contribution in [3.05, 3.63) is 5.21 Å². The molecule has 0 amide bonds. The van der Waals surface area contributed by atoms with Gasteiger partial charge in [0.25, 0.3) is 0 Å². The van der Waals surface area contributed by atoms with Crippen LogP contribution in [0.4, 0.5) is 0 Å². The summed E-state index contributed by atoms with van der Waals surface area (Å²) >= 11 is 0. The molecule has 4 nitrogen and oxygen atoms in total. The third-order valence-corrected chi connectivity index (χ3v) is 3.44. The summed E-state index contributed by atoms with van der Waals surface area (Å²) in [5.41, 5.74) is -0.714. The zero-order chi connectivity index (χ0) is 11.7. The Labute approximate surface area is 91.7 Å². The van der Waals surface area contributed by atoms with E-state index in [1.165, 1.54) is 0 Å². The van der Waals surface area contributed by atoms with Gasteiger partial charge in [-0.15, -0.1) is 0 Å². The van der Waals surface area contributed by atoms with E-state index in [0.29, 0.717) is 32.2 Å². The second-order valence-electron chi connectivity index (χ2n) is 5.57. The van der Waals surface area contributed by atoms with Crippen molar-refractivity contribution in [3.63, 3.8) is 0 Å². The Kier molecular flexibility index (Phi) is 3.76. The van der Waals surface area contributed by atoms with Crippen molar-refractivity contribution in [3.8, 4) is 0 Å². The second kappa shape index (κ2) is 4.37. The Morgan fingerprint density at radius 3 is 2.60 bits per heavy atom. The lowest BCUT2D eigenvalue weighted by Crippen LogP contribution is -2.44. The van der Waals surface area contributed by atoms with E-state index >= 15 is 0 Å². The van der Waals surface area contributed by atoms with Crippen LogP contribution >= 0.6 is 0 Å². The molecule has 0 heterocycles. The van der Waals surface area contributed by atoms with Crippen molar-refractivity contribution in [2.75, 3.05) is 20.6 Å². The minimum absolute atomic E-state index is 0.0487. The van der Waals surface area contributed by atoms with Gasteiger partial charge in [-0.3, -0.25) is 0 Å². The first-order valence-corrected chi connectivity index (χ1v) is 5.65. The first-order valence-electron chi connectivity index (χ1n) is 5.65. The fourth-order valence-electron chi connectivity index (χ4n) is 2.26. The molecule has 2 N–H and O–H groups in total. The summed E-state index contributed by atoms with van der Waals surface area (Å²) in [6, 6.07) is 0. The van der Waals surface area contributed by atoms with Crippen LogP contribution < -0.4 is 0 Å². The maximum absolute atomic E-state index is 11.4. The largest absolute Gasteiger partial charge is 0.633 e. The van der Waals surface area contributed by atoms with E-state index in [1.807, 2.05) is 6.92 Å². The van der Waals surface area contributed by atoms with Crippen LogP contribution in [-0.4, -0.2) is 47.2 Å². The topological polar surface area (TPSA) is 63.5 Å². The van der Waals surface area contributed by atoms with Crippen LogP contribution in [0.15, 0.2) is 0 Å². The van der Waals surface area contributed by atoms with Gasteiger partial charge in [-0.1, -0.05) is 0 Å². The maximum atomic E-state index is 11.4. The highest BCUT2D eigenvalue weighted by Gasteiger charge is 2.38. The van der Waals surface area contributed by atoms with Crippen molar-refractivity contribution in [1.82, 2.24) is 0 Å². The number of aliphatic hydroxyl groups is 2. The average Bonchev–Trinajstić information content (AvgIpc) is 2.05. The first kappa shape index (κ1) is 12.9. The normalized spacial score (nSPS) is 38.0. The highest BCUT2D eigenvalue weighted by atomic mass is 16.5. The van der Waals surface area contributed by atoms with Gasteiger partial charge in [0.1, 0.15) is 0 Å². The van der Waals surface area contributed by atoms with Gasteiger partial charge in [0.15, 0.2) is 0 Å². The number of hydroxylamine groups is 3. The monoisotopic (exact) mass is 217 g/mol. The van der Waals surface area contributed by atoms with E-state index in [4.69, 9.17) is 0 Å². The molecule has 0 unspecified atom stereocenters. The smallest absolute Gasteiger partial charge is 0.0783 e. The molecule has 1 saturated carbocycles. The zero-order valence-corrected chi connectivity index (χ0v) is 9.94. The molecule has 0 aromatic rings. The van der Waals surface area contributed by atoms with Gasteiger partial charge in [-0.25, -0.2) is 0 Å². The van der Waals surface area contributed by atoms with Gasteiger partial charge in [0.2, 0.25) is 0 Å². The molecule has 3 atom stereocenters. The highest BCUT2D eigenvalue weighted by Crippen LogP contribution is 2.36. The molecule has 1 aliphatic rings. The molecule has 0 aromatic carbocycles. The Morgan fingerprint density at radius 2 is 2.07 bits per heavy atom. The van der Waals surface area contributed by atoms with Gasteiger partial charge >= 0.3 is 0 Å². The molecule has 0 saturated heterocycles. The summed E-state index contributed by atoms with van der Waals surface area (Å²) in [7, 11) is 3.21. The van der Waals surface area contributed by atoms with Gasteiger partial charge in [-0.2, -0.15) is 0 Å². The van der Waals surface area contributed by atoms with E-state index in [0.717, 1.165) is 0 Å². The number of hydrogen-bond acceptors (Lipinski definition) is 3. The Morgan fingerprint density at radius 1 is 1.47 bits per heavy atom. The molecule has 4 heteroatoms. The summed E-state index contributed by atoms with van der Waals surface area (Å²) < 4.78 is -0.331. The summed E-state index contributed by atoms with van der Waals surface area (Å²) in [6.07, 6.45) is 2.29. The van der Waals surface area contributed by atoms with Crippen LogP contribution in [-0.2, 0) is 0 Å². The van der Waals surface area contributed by atoms with Gasteiger partial charge < -0.3 is 20.1 Å². The summed E-state index contributed by atoms with van der Waals surface area (Å²) in [5.74, 6) is 0.0487. The van der Waals surface area contributed by atoms with E-state index in [2.05, 4.69) is 0 Å². The summed E-state index contributed by atoms with van der Waals surface area (Å²) in [6.45, 7) is 2.31. The molecule has 90 valence electrons. The van der Waals surface area contributed by atoms with Crippen LogP contribution in [0.1, 0.15) is 32.6 Å². The average molecular weight is 217 g/mol. The third-order valence-electron chi connectivity index (χ3n) is 3.44. The molecule has 1 rings (SSSR count). The number of aliphatic hydroxyl groups excluding tert-OH is 1. The number of quaternary nitrogens is 1. The minimum atomic E-state index is -0.714. The van der Waals surface area contributed by atoms with Crippen LogP contribution in [0.2, 0.25) is 0 Å². The Balaban J connectivity index is 2.50. The lowest BCUT2D eigenvalue weighted by molar-refractivity contribution is -0.840. The molecule has 1 aliphatic carbocycles. The Hall–Kier alpha value is -0.160. The maximum Gasteiger partial charge on any atom is 0.0783 e. The number of nitrogens with zero attached hydrogens (tertiary/aromatic N) is 1. The van der Waals surface area contributed by atoms with Crippen LogP contribution in [0.25, 0.3) is 0 Å². The van der Waals surface area contributed by atoms with Crippen LogP contribution in [0, 0.1) is 11.1 Å².